The summed E-state index contributed by atoms with van der Waals surface area (Å²) in [6.45, 7) is 2.55. The molecule has 0 aliphatic heterocycles. The van der Waals surface area contributed by atoms with Crippen molar-refractivity contribution in [1.82, 2.24) is 0 Å². The summed E-state index contributed by atoms with van der Waals surface area (Å²) in [5.41, 5.74) is 1.40. The van der Waals surface area contributed by atoms with Gasteiger partial charge in [0.25, 0.3) is 5.91 Å². The predicted octanol–water partition coefficient (Wildman–Crippen LogP) is 3.94. The summed E-state index contributed by atoms with van der Waals surface area (Å²) in [6.07, 6.45) is 0. The molecule has 98 valence electrons. The van der Waals surface area contributed by atoms with E-state index in [0.717, 1.165) is 15.0 Å². The lowest BCUT2D eigenvalue weighted by atomic mass is 10.2. The maximum atomic E-state index is 12.0. The zero-order chi connectivity index (χ0) is 13.7. The van der Waals surface area contributed by atoms with E-state index in [-0.39, 0.29) is 5.91 Å². The van der Waals surface area contributed by atoms with Crippen LogP contribution in [0.2, 0.25) is 0 Å². The van der Waals surface area contributed by atoms with Gasteiger partial charge in [-0.2, -0.15) is 0 Å². The van der Waals surface area contributed by atoms with E-state index in [4.69, 9.17) is 4.74 Å². The van der Waals surface area contributed by atoms with Crippen molar-refractivity contribution in [2.45, 2.75) is 6.92 Å². The molecular formula is C15H14INO2. The van der Waals surface area contributed by atoms with Crippen LogP contribution < -0.4 is 10.1 Å². The average Bonchev–Trinajstić information content (AvgIpc) is 2.42. The van der Waals surface area contributed by atoms with Gasteiger partial charge in [-0.05, 0) is 78.0 Å². The molecule has 0 atom stereocenters. The highest BCUT2D eigenvalue weighted by atomic mass is 127. The fourth-order valence-corrected chi connectivity index (χ4v) is 1.97. The molecule has 2 aromatic carbocycles. The minimum absolute atomic E-state index is 0.121. The SMILES string of the molecule is CCOc1ccc(C(=O)Nc2ccc(I)cc2)cc1. The maximum absolute atomic E-state index is 12.0. The average molecular weight is 367 g/mol. The Labute approximate surface area is 126 Å². The summed E-state index contributed by atoms with van der Waals surface area (Å²) in [7, 11) is 0. The first-order valence-electron chi connectivity index (χ1n) is 5.99. The first-order valence-corrected chi connectivity index (χ1v) is 7.06. The third-order valence-electron chi connectivity index (χ3n) is 2.53. The Morgan fingerprint density at radius 2 is 1.74 bits per heavy atom. The largest absolute Gasteiger partial charge is 0.494 e. The van der Waals surface area contributed by atoms with Crippen molar-refractivity contribution < 1.29 is 9.53 Å². The van der Waals surface area contributed by atoms with Crippen LogP contribution in [0.15, 0.2) is 48.5 Å². The van der Waals surface area contributed by atoms with Crippen molar-refractivity contribution in [3.63, 3.8) is 0 Å². The van der Waals surface area contributed by atoms with E-state index in [1.807, 2.05) is 31.2 Å². The van der Waals surface area contributed by atoms with E-state index in [0.29, 0.717) is 12.2 Å². The number of amides is 1. The summed E-state index contributed by atoms with van der Waals surface area (Å²) in [6, 6.07) is 14.8. The van der Waals surface area contributed by atoms with Gasteiger partial charge in [-0.15, -0.1) is 0 Å². The summed E-state index contributed by atoms with van der Waals surface area (Å²) >= 11 is 2.23. The minimum atomic E-state index is -0.121. The second-order valence-corrected chi connectivity index (χ2v) is 5.16. The molecule has 0 aliphatic rings. The van der Waals surface area contributed by atoms with E-state index >= 15 is 0 Å². The van der Waals surface area contributed by atoms with Crippen LogP contribution in [0.25, 0.3) is 0 Å². The maximum Gasteiger partial charge on any atom is 0.255 e. The van der Waals surface area contributed by atoms with Gasteiger partial charge >= 0.3 is 0 Å². The van der Waals surface area contributed by atoms with Gasteiger partial charge in [0, 0.05) is 14.8 Å². The smallest absolute Gasteiger partial charge is 0.255 e. The van der Waals surface area contributed by atoms with Crippen LogP contribution in [0.1, 0.15) is 17.3 Å². The molecule has 0 unspecified atom stereocenters. The number of rotatable bonds is 4. The Kier molecular flexibility index (Phi) is 4.79. The summed E-state index contributed by atoms with van der Waals surface area (Å²) in [4.78, 5) is 12.0. The molecule has 0 saturated heterocycles. The van der Waals surface area contributed by atoms with E-state index in [1.54, 1.807) is 24.3 Å². The Morgan fingerprint density at radius 1 is 1.11 bits per heavy atom. The molecule has 0 spiro atoms. The van der Waals surface area contributed by atoms with Crippen molar-refractivity contribution in [1.29, 1.82) is 0 Å². The zero-order valence-electron chi connectivity index (χ0n) is 10.5. The molecule has 0 bridgehead atoms. The first-order chi connectivity index (χ1) is 9.19. The van der Waals surface area contributed by atoms with Crippen LogP contribution >= 0.6 is 22.6 Å². The van der Waals surface area contributed by atoms with Gasteiger partial charge in [0.05, 0.1) is 6.61 Å². The fraction of sp³-hybridized carbons (Fsp3) is 0.133. The van der Waals surface area contributed by atoms with Gasteiger partial charge in [0.1, 0.15) is 5.75 Å². The summed E-state index contributed by atoms with van der Waals surface area (Å²) in [5.74, 6) is 0.651. The number of anilines is 1. The van der Waals surface area contributed by atoms with Crippen molar-refractivity contribution in [3.05, 3.63) is 57.7 Å². The molecule has 0 saturated carbocycles. The molecule has 0 heterocycles. The van der Waals surface area contributed by atoms with Gasteiger partial charge in [0.15, 0.2) is 0 Å². The van der Waals surface area contributed by atoms with Crippen LogP contribution in [0.3, 0.4) is 0 Å². The monoisotopic (exact) mass is 367 g/mol. The van der Waals surface area contributed by atoms with Crippen molar-refractivity contribution in [3.8, 4) is 5.75 Å². The Balaban J connectivity index is 2.05. The molecule has 2 aromatic rings. The van der Waals surface area contributed by atoms with Gasteiger partial charge in [0.2, 0.25) is 0 Å². The highest BCUT2D eigenvalue weighted by Gasteiger charge is 2.06. The molecule has 1 N–H and O–H groups in total. The molecule has 3 nitrogen and oxygen atoms in total. The van der Waals surface area contributed by atoms with Crippen molar-refractivity contribution >= 4 is 34.2 Å². The van der Waals surface area contributed by atoms with Crippen LogP contribution in [0.4, 0.5) is 5.69 Å². The number of carbonyl (C=O) groups excluding carboxylic acids is 1. The standard InChI is InChI=1S/C15H14INO2/c1-2-19-14-9-3-11(4-10-14)15(18)17-13-7-5-12(16)6-8-13/h3-10H,2H2,1H3,(H,17,18). The Morgan fingerprint density at radius 3 is 2.32 bits per heavy atom. The number of hydrogen-bond acceptors (Lipinski definition) is 2. The quantitative estimate of drug-likeness (QED) is 0.832. The van der Waals surface area contributed by atoms with Crippen LogP contribution in [-0.2, 0) is 0 Å². The Bertz CT molecular complexity index is 549. The summed E-state index contributed by atoms with van der Waals surface area (Å²) < 4.78 is 6.48. The highest BCUT2D eigenvalue weighted by molar-refractivity contribution is 14.1. The second-order valence-electron chi connectivity index (χ2n) is 3.92. The minimum Gasteiger partial charge on any atom is -0.494 e. The number of benzene rings is 2. The van der Waals surface area contributed by atoms with E-state index in [9.17, 15) is 4.79 Å². The lowest BCUT2D eigenvalue weighted by molar-refractivity contribution is 0.102. The molecule has 0 aromatic heterocycles. The topological polar surface area (TPSA) is 38.3 Å². The van der Waals surface area contributed by atoms with E-state index in [2.05, 4.69) is 27.9 Å². The molecule has 2 rings (SSSR count). The van der Waals surface area contributed by atoms with Gasteiger partial charge in [-0.1, -0.05) is 0 Å². The lowest BCUT2D eigenvalue weighted by Gasteiger charge is -2.07. The number of nitrogens with one attached hydrogen (secondary N) is 1. The number of hydrogen-bond donors (Lipinski definition) is 1. The third-order valence-corrected chi connectivity index (χ3v) is 3.25. The molecule has 0 radical (unpaired) electrons. The number of ether oxygens (including phenoxy) is 1. The Hall–Kier alpha value is -1.56. The van der Waals surface area contributed by atoms with Crippen molar-refractivity contribution in [2.75, 3.05) is 11.9 Å². The number of halogens is 1. The van der Waals surface area contributed by atoms with Gasteiger partial charge in [-0.25, -0.2) is 0 Å². The van der Waals surface area contributed by atoms with Crippen LogP contribution in [0, 0.1) is 3.57 Å². The van der Waals surface area contributed by atoms with Crippen molar-refractivity contribution in [2.24, 2.45) is 0 Å². The fourth-order valence-electron chi connectivity index (χ4n) is 1.61. The van der Waals surface area contributed by atoms with Gasteiger partial charge < -0.3 is 10.1 Å². The molecule has 4 heteroatoms. The van der Waals surface area contributed by atoms with Crippen LogP contribution in [0.5, 0.6) is 5.75 Å². The lowest BCUT2D eigenvalue weighted by Crippen LogP contribution is -2.11. The second kappa shape index (κ2) is 6.56. The highest BCUT2D eigenvalue weighted by Crippen LogP contribution is 2.15. The van der Waals surface area contributed by atoms with Crippen LogP contribution in [-0.4, -0.2) is 12.5 Å². The first kappa shape index (κ1) is 13.9. The van der Waals surface area contributed by atoms with E-state index in [1.165, 1.54) is 0 Å². The van der Waals surface area contributed by atoms with Gasteiger partial charge in [-0.3, -0.25) is 4.79 Å². The molecule has 0 aliphatic carbocycles. The normalized spacial score (nSPS) is 10.0. The summed E-state index contributed by atoms with van der Waals surface area (Å²) in [5, 5.41) is 2.85. The molecule has 0 fully saturated rings. The predicted molar refractivity (Wildman–Crippen MR) is 84.7 cm³/mol. The molecule has 1 amide bonds. The number of carbonyl (C=O) groups is 1. The molecular weight excluding hydrogens is 353 g/mol. The zero-order valence-corrected chi connectivity index (χ0v) is 12.7. The third kappa shape index (κ3) is 3.96. The molecule has 19 heavy (non-hydrogen) atoms. The van der Waals surface area contributed by atoms with E-state index < -0.39 is 0 Å².